The third kappa shape index (κ3) is 7.56. The number of anilines is 1. The number of carboxylic acid groups (broad SMARTS) is 1. The second-order valence-electron chi connectivity index (χ2n) is 15.5. The van der Waals surface area contributed by atoms with E-state index in [2.05, 4.69) is 40.1 Å². The molecule has 2 saturated heterocycles. The predicted octanol–water partition coefficient (Wildman–Crippen LogP) is 9.43. The summed E-state index contributed by atoms with van der Waals surface area (Å²) in [7, 11) is 0. The lowest BCUT2D eigenvalue weighted by Crippen LogP contribution is -2.45. The van der Waals surface area contributed by atoms with Crippen molar-refractivity contribution in [2.45, 2.75) is 52.4 Å². The molecular weight excluding hydrogens is 767 g/mol. The van der Waals surface area contributed by atoms with Gasteiger partial charge in [0.15, 0.2) is 11.2 Å². The van der Waals surface area contributed by atoms with E-state index in [-0.39, 0.29) is 17.9 Å². The average molecular weight is 809 g/mol. The predicted molar refractivity (Wildman–Crippen MR) is 224 cm³/mol. The lowest BCUT2D eigenvalue weighted by molar-refractivity contribution is -0.142. The molecule has 0 unspecified atom stereocenters. The van der Waals surface area contributed by atoms with Crippen LogP contribution in [0.5, 0.6) is 5.75 Å². The lowest BCUT2D eigenvalue weighted by atomic mass is 9.91. The van der Waals surface area contributed by atoms with Crippen LogP contribution in [0.1, 0.15) is 40.7 Å². The molecule has 4 heterocycles. The van der Waals surface area contributed by atoms with E-state index in [9.17, 15) is 23.9 Å². The summed E-state index contributed by atoms with van der Waals surface area (Å²) in [6.45, 7) is 5.94. The van der Waals surface area contributed by atoms with Gasteiger partial charge in [-0.3, -0.25) is 14.6 Å². The van der Waals surface area contributed by atoms with Crippen molar-refractivity contribution in [3.63, 3.8) is 0 Å². The van der Waals surface area contributed by atoms with Gasteiger partial charge in [-0.15, -0.1) is 0 Å². The second kappa shape index (κ2) is 16.2. The summed E-state index contributed by atoms with van der Waals surface area (Å²) in [5, 5.41) is 19.9. The van der Waals surface area contributed by atoms with E-state index in [0.717, 1.165) is 59.6 Å². The van der Waals surface area contributed by atoms with Gasteiger partial charge in [0, 0.05) is 67.7 Å². The number of likely N-dealkylation sites (tertiary alicyclic amines) is 1. The summed E-state index contributed by atoms with van der Waals surface area (Å²) in [5.41, 5.74) is 10.1. The molecule has 13 heteroatoms. The first-order valence-electron chi connectivity index (χ1n) is 20.0. The molecule has 1 atom stereocenters. The molecule has 0 bridgehead atoms. The Labute approximate surface area is 345 Å². The van der Waals surface area contributed by atoms with Gasteiger partial charge < -0.3 is 23.6 Å². The third-order valence-electron chi connectivity index (χ3n) is 11.8. The number of carboxylic acids is 1. The van der Waals surface area contributed by atoms with Crippen LogP contribution in [0.15, 0.2) is 99.8 Å². The molecule has 7 aromatic rings. The fourth-order valence-corrected chi connectivity index (χ4v) is 8.72. The number of halogens is 2. The standard InChI is InChI=1S/C47H42F2N6O5/c1-28-34(11-6-13-36(28)44-51-38-23-32(27-55-16-8-15-40(55)46(56)57)41(59-47(48)49)24-42(38)58-44)35-12-7-14-37(29(35)2)45-52-39-22-30(21-31(25-50)43(39)60-45)26-53-17-19-54(20-18-53)33-9-4-3-5-10-33/h3-7,9-14,21-24,40,47H,8,15-20,26-27H2,1-2H3,(H,56,57)/t40-/m0/s1. The van der Waals surface area contributed by atoms with Gasteiger partial charge in [0.1, 0.15) is 28.9 Å². The zero-order chi connectivity index (χ0) is 41.5. The van der Waals surface area contributed by atoms with Crippen LogP contribution in [0.2, 0.25) is 0 Å². The molecular formula is C47H42F2N6O5. The SMILES string of the molecule is Cc1c(-c2nc3cc(CN4CCC[C@H]4C(=O)O)c(OC(F)F)cc3o2)cccc1-c1cccc(-c2nc3cc(CN4CCN(c5ccccc5)CC4)cc(C#N)c3o2)c1C. The monoisotopic (exact) mass is 808 g/mol. The van der Waals surface area contributed by atoms with Gasteiger partial charge in [0.2, 0.25) is 11.8 Å². The summed E-state index contributed by atoms with van der Waals surface area (Å²) < 4.78 is 44.5. The molecule has 0 amide bonds. The molecule has 5 aromatic carbocycles. The highest BCUT2D eigenvalue weighted by molar-refractivity contribution is 5.86. The number of benzene rings is 5. The number of alkyl halides is 2. The summed E-state index contributed by atoms with van der Waals surface area (Å²) in [6.07, 6.45) is 1.18. The first-order chi connectivity index (χ1) is 29.1. The van der Waals surface area contributed by atoms with Crippen LogP contribution in [0.4, 0.5) is 14.5 Å². The molecule has 0 saturated carbocycles. The maximum absolute atomic E-state index is 13.6. The number of aliphatic carboxylic acids is 1. The van der Waals surface area contributed by atoms with Gasteiger partial charge in [-0.05, 0) is 104 Å². The molecule has 11 nitrogen and oxygen atoms in total. The van der Waals surface area contributed by atoms with Gasteiger partial charge in [0.05, 0.1) is 5.56 Å². The molecule has 0 spiro atoms. The number of oxazole rings is 2. The second-order valence-corrected chi connectivity index (χ2v) is 15.5. The Hall–Kier alpha value is -6.62. The van der Waals surface area contributed by atoms with E-state index in [1.165, 1.54) is 11.8 Å². The number of piperazine rings is 1. The minimum absolute atomic E-state index is 0.0796. The number of carbonyl (C=O) groups is 1. The number of nitriles is 1. The first kappa shape index (κ1) is 38.9. The van der Waals surface area contributed by atoms with Crippen molar-refractivity contribution < 1.29 is 32.3 Å². The van der Waals surface area contributed by atoms with Gasteiger partial charge in [0.25, 0.3) is 0 Å². The number of nitrogens with zero attached hydrogens (tertiary/aromatic N) is 6. The van der Waals surface area contributed by atoms with E-state index < -0.39 is 18.6 Å². The van der Waals surface area contributed by atoms with Crippen molar-refractivity contribution >= 4 is 33.9 Å². The highest BCUT2D eigenvalue weighted by Crippen LogP contribution is 2.39. The van der Waals surface area contributed by atoms with Gasteiger partial charge >= 0.3 is 12.6 Å². The van der Waals surface area contributed by atoms with Crippen molar-refractivity contribution in [3.05, 3.63) is 119 Å². The maximum Gasteiger partial charge on any atom is 0.387 e. The van der Waals surface area contributed by atoms with E-state index in [1.54, 1.807) is 11.0 Å². The lowest BCUT2D eigenvalue weighted by Gasteiger charge is -2.36. The highest BCUT2D eigenvalue weighted by Gasteiger charge is 2.32. The zero-order valence-electron chi connectivity index (χ0n) is 33.2. The minimum Gasteiger partial charge on any atom is -0.480 e. The van der Waals surface area contributed by atoms with Crippen LogP contribution in [-0.4, -0.2) is 76.2 Å². The Balaban J connectivity index is 0.991. The molecule has 2 aliphatic rings. The van der Waals surface area contributed by atoms with E-state index in [0.29, 0.717) is 71.0 Å². The highest BCUT2D eigenvalue weighted by atomic mass is 19.3. The molecule has 60 heavy (non-hydrogen) atoms. The largest absolute Gasteiger partial charge is 0.480 e. The Kier molecular flexibility index (Phi) is 10.5. The van der Waals surface area contributed by atoms with Crippen LogP contribution >= 0.6 is 0 Å². The number of rotatable bonds is 11. The molecule has 0 aliphatic carbocycles. The van der Waals surface area contributed by atoms with E-state index >= 15 is 0 Å². The summed E-state index contributed by atoms with van der Waals surface area (Å²) in [4.78, 5) is 28.1. The average Bonchev–Trinajstić information content (AvgIpc) is 4.00. The number of hydrogen-bond donors (Lipinski definition) is 1. The van der Waals surface area contributed by atoms with Crippen molar-refractivity contribution in [2.24, 2.45) is 0 Å². The number of para-hydroxylation sites is 1. The van der Waals surface area contributed by atoms with Crippen molar-refractivity contribution in [1.82, 2.24) is 19.8 Å². The number of fused-ring (bicyclic) bond motifs is 2. The molecule has 2 fully saturated rings. The molecule has 304 valence electrons. The molecule has 2 aromatic heterocycles. The van der Waals surface area contributed by atoms with Crippen molar-refractivity contribution in [3.8, 4) is 45.9 Å². The van der Waals surface area contributed by atoms with Crippen LogP contribution in [0.25, 0.3) is 56.2 Å². The van der Waals surface area contributed by atoms with E-state index in [1.807, 2.05) is 68.4 Å². The maximum atomic E-state index is 13.6. The summed E-state index contributed by atoms with van der Waals surface area (Å²) in [5.74, 6) is -0.298. The minimum atomic E-state index is -3.08. The van der Waals surface area contributed by atoms with Crippen LogP contribution in [0.3, 0.4) is 0 Å². The Bertz CT molecular complexity index is 2770. The normalized spacial score (nSPS) is 16.3. The number of aromatic nitrogens is 2. The topological polar surface area (TPSA) is 132 Å². The van der Waals surface area contributed by atoms with Crippen molar-refractivity contribution in [1.29, 1.82) is 5.26 Å². The summed E-state index contributed by atoms with van der Waals surface area (Å²) in [6, 6.07) is 30.8. The zero-order valence-corrected chi connectivity index (χ0v) is 33.2. The van der Waals surface area contributed by atoms with Gasteiger partial charge in [-0.1, -0.05) is 42.5 Å². The fourth-order valence-electron chi connectivity index (χ4n) is 8.72. The smallest absolute Gasteiger partial charge is 0.387 e. The number of ether oxygens (including phenoxy) is 1. The van der Waals surface area contributed by atoms with Gasteiger partial charge in [-0.25, -0.2) is 9.97 Å². The Morgan fingerprint density at radius 3 is 2.17 bits per heavy atom. The van der Waals surface area contributed by atoms with Crippen LogP contribution in [-0.2, 0) is 17.9 Å². The fraction of sp³-hybridized carbons (Fsp3) is 0.277. The Morgan fingerprint density at radius 1 is 0.833 bits per heavy atom. The van der Waals surface area contributed by atoms with Crippen molar-refractivity contribution in [2.75, 3.05) is 37.6 Å². The molecule has 9 rings (SSSR count). The third-order valence-corrected chi connectivity index (χ3v) is 11.8. The molecule has 1 N–H and O–H groups in total. The Morgan fingerprint density at radius 2 is 1.50 bits per heavy atom. The number of hydrogen-bond acceptors (Lipinski definition) is 10. The summed E-state index contributed by atoms with van der Waals surface area (Å²) >= 11 is 0. The van der Waals surface area contributed by atoms with Crippen LogP contribution < -0.4 is 9.64 Å². The van der Waals surface area contributed by atoms with E-state index in [4.69, 9.17) is 23.5 Å². The molecule has 0 radical (unpaired) electrons. The quantitative estimate of drug-likeness (QED) is 0.134. The van der Waals surface area contributed by atoms with Crippen LogP contribution in [0, 0.1) is 25.2 Å². The van der Waals surface area contributed by atoms with Gasteiger partial charge in [-0.2, -0.15) is 14.0 Å². The molecule has 2 aliphatic heterocycles. The first-order valence-corrected chi connectivity index (χ1v) is 20.0.